The van der Waals surface area contributed by atoms with E-state index >= 15 is 0 Å². The van der Waals surface area contributed by atoms with E-state index in [1.54, 1.807) is 12.1 Å². The number of amides is 1. The monoisotopic (exact) mass is 495 g/mol. The van der Waals surface area contributed by atoms with Gasteiger partial charge in [-0.2, -0.15) is 0 Å². The molecule has 3 aromatic carbocycles. The van der Waals surface area contributed by atoms with E-state index in [2.05, 4.69) is 41.6 Å². The molecule has 1 aromatic heterocycles. The van der Waals surface area contributed by atoms with Crippen LogP contribution < -0.4 is 10.6 Å². The van der Waals surface area contributed by atoms with E-state index in [0.29, 0.717) is 16.8 Å². The lowest BCUT2D eigenvalue weighted by molar-refractivity contribution is -0.117. The molecule has 168 valence electrons. The largest absolute Gasteiger partial charge is 0.436 e. The molecule has 0 aliphatic heterocycles. The van der Waals surface area contributed by atoms with Gasteiger partial charge in [0.25, 0.3) is 0 Å². The Labute approximate surface area is 206 Å². The van der Waals surface area contributed by atoms with Crippen LogP contribution in [0.25, 0.3) is 22.6 Å². The van der Waals surface area contributed by atoms with Gasteiger partial charge in [0, 0.05) is 21.2 Å². The normalized spacial score (nSPS) is 11.0. The first kappa shape index (κ1) is 23.3. The zero-order valence-electron chi connectivity index (χ0n) is 18.1. The Morgan fingerprint density at radius 3 is 2.67 bits per heavy atom. The smallest absolute Gasteiger partial charge is 0.236 e. The molecule has 2 N–H and O–H groups in total. The first-order valence-corrected chi connectivity index (χ1v) is 12.1. The molecule has 5 nitrogen and oxygen atoms in total. The molecule has 1 heterocycles. The number of fused-ring (bicyclic) bond motifs is 1. The van der Waals surface area contributed by atoms with Gasteiger partial charge in [0.05, 0.1) is 5.75 Å². The Morgan fingerprint density at radius 2 is 1.91 bits per heavy atom. The fourth-order valence-electron chi connectivity index (χ4n) is 3.16. The molecule has 1 amide bonds. The molecule has 33 heavy (non-hydrogen) atoms. The second-order valence-corrected chi connectivity index (χ2v) is 9.62. The van der Waals surface area contributed by atoms with Crippen molar-refractivity contribution in [1.29, 1.82) is 0 Å². The van der Waals surface area contributed by atoms with Crippen LogP contribution in [0.5, 0.6) is 0 Å². The second-order valence-electron chi connectivity index (χ2n) is 7.73. The Kier molecular flexibility index (Phi) is 7.33. The van der Waals surface area contributed by atoms with Crippen LogP contribution in [0.2, 0.25) is 5.02 Å². The van der Waals surface area contributed by atoms with Gasteiger partial charge in [-0.3, -0.25) is 4.79 Å². The standard InChI is InChI=1S/C25H22ClN3O2S2/c1-15(2)16-6-11-22-21(13-16)28-24(31-22)17-4-3-5-19(12-17)27-25(32)29-23(30)14-33-20-9-7-18(26)8-10-20/h3-13,15H,14H2,1-2H3,(H2,27,29,30,32). The van der Waals surface area contributed by atoms with E-state index in [4.69, 9.17) is 28.2 Å². The Bertz CT molecular complexity index is 1300. The average Bonchev–Trinajstić information content (AvgIpc) is 3.22. The molecular weight excluding hydrogens is 474 g/mol. The van der Waals surface area contributed by atoms with E-state index in [-0.39, 0.29) is 16.8 Å². The van der Waals surface area contributed by atoms with Crippen LogP contribution in [0.1, 0.15) is 25.3 Å². The van der Waals surface area contributed by atoms with Crippen molar-refractivity contribution in [2.75, 3.05) is 11.1 Å². The first-order valence-electron chi connectivity index (χ1n) is 10.4. The minimum Gasteiger partial charge on any atom is -0.436 e. The molecule has 0 saturated carbocycles. The Hall–Kier alpha value is -2.87. The van der Waals surface area contributed by atoms with Crippen LogP contribution in [0, 0.1) is 0 Å². The third kappa shape index (κ3) is 6.13. The zero-order valence-corrected chi connectivity index (χ0v) is 20.5. The second kappa shape index (κ2) is 10.4. The van der Waals surface area contributed by atoms with Crippen LogP contribution in [-0.4, -0.2) is 21.8 Å². The van der Waals surface area contributed by atoms with Crippen LogP contribution >= 0.6 is 35.6 Å². The number of nitrogens with one attached hydrogen (secondary N) is 2. The molecule has 0 saturated heterocycles. The summed E-state index contributed by atoms with van der Waals surface area (Å²) in [4.78, 5) is 17.8. The van der Waals surface area contributed by atoms with Crippen molar-refractivity contribution in [2.45, 2.75) is 24.7 Å². The molecule has 0 fully saturated rings. The van der Waals surface area contributed by atoms with Crippen molar-refractivity contribution >= 4 is 63.4 Å². The van der Waals surface area contributed by atoms with Gasteiger partial charge in [0.1, 0.15) is 5.52 Å². The summed E-state index contributed by atoms with van der Waals surface area (Å²) in [7, 11) is 0. The van der Waals surface area contributed by atoms with Gasteiger partial charge in [-0.1, -0.05) is 37.6 Å². The van der Waals surface area contributed by atoms with Crippen LogP contribution in [0.3, 0.4) is 0 Å². The Morgan fingerprint density at radius 1 is 1.12 bits per heavy atom. The van der Waals surface area contributed by atoms with Crippen molar-refractivity contribution in [1.82, 2.24) is 10.3 Å². The number of thiocarbonyl (C=S) groups is 1. The lowest BCUT2D eigenvalue weighted by atomic mass is 10.0. The molecule has 0 bridgehead atoms. The van der Waals surface area contributed by atoms with Crippen LogP contribution in [-0.2, 0) is 4.79 Å². The molecular formula is C25H22ClN3O2S2. The summed E-state index contributed by atoms with van der Waals surface area (Å²) in [5.41, 5.74) is 4.33. The Balaban J connectivity index is 1.38. The number of hydrogen-bond donors (Lipinski definition) is 2. The third-order valence-corrected chi connectivity index (χ3v) is 6.35. The number of anilines is 1. The number of oxazole rings is 1. The summed E-state index contributed by atoms with van der Waals surface area (Å²) in [6, 6.07) is 21.0. The number of rotatable bonds is 6. The highest BCUT2D eigenvalue weighted by Gasteiger charge is 2.12. The predicted octanol–water partition coefficient (Wildman–Crippen LogP) is 6.88. The molecule has 0 aliphatic rings. The SMILES string of the molecule is CC(C)c1ccc2oc(-c3cccc(NC(=S)NC(=O)CSc4ccc(Cl)cc4)c3)nc2c1. The lowest BCUT2D eigenvalue weighted by Gasteiger charge is -2.10. The van der Waals surface area contributed by atoms with Crippen LogP contribution in [0.4, 0.5) is 5.69 Å². The number of benzene rings is 3. The number of carbonyl (C=O) groups is 1. The maximum absolute atomic E-state index is 12.2. The van der Waals surface area contributed by atoms with Crippen molar-refractivity contribution in [2.24, 2.45) is 0 Å². The highest BCUT2D eigenvalue weighted by molar-refractivity contribution is 8.00. The molecule has 0 aliphatic carbocycles. The minimum atomic E-state index is -0.191. The van der Waals surface area contributed by atoms with Crippen LogP contribution in [0.15, 0.2) is 76.0 Å². The maximum Gasteiger partial charge on any atom is 0.236 e. The number of thioether (sulfide) groups is 1. The molecule has 4 aromatic rings. The summed E-state index contributed by atoms with van der Waals surface area (Å²) >= 11 is 12.6. The minimum absolute atomic E-state index is 0.191. The first-order chi connectivity index (χ1) is 15.9. The quantitative estimate of drug-likeness (QED) is 0.224. The number of hydrogen-bond acceptors (Lipinski definition) is 5. The molecule has 0 spiro atoms. The lowest BCUT2D eigenvalue weighted by Crippen LogP contribution is -2.35. The van der Waals surface area contributed by atoms with E-state index in [1.165, 1.54) is 17.3 Å². The van der Waals surface area contributed by atoms with Gasteiger partial charge < -0.3 is 15.1 Å². The van der Waals surface area contributed by atoms with Gasteiger partial charge in [0.2, 0.25) is 11.8 Å². The van der Waals surface area contributed by atoms with Gasteiger partial charge in [-0.05, 0) is 78.3 Å². The van der Waals surface area contributed by atoms with E-state index < -0.39 is 0 Å². The molecule has 0 atom stereocenters. The summed E-state index contributed by atoms with van der Waals surface area (Å²) in [6.45, 7) is 4.30. The third-order valence-electron chi connectivity index (χ3n) is 4.88. The highest BCUT2D eigenvalue weighted by atomic mass is 35.5. The van der Waals surface area contributed by atoms with E-state index in [0.717, 1.165) is 27.2 Å². The zero-order chi connectivity index (χ0) is 23.4. The van der Waals surface area contributed by atoms with Gasteiger partial charge in [-0.15, -0.1) is 11.8 Å². The molecule has 8 heteroatoms. The molecule has 0 radical (unpaired) electrons. The fraction of sp³-hybridized carbons (Fsp3) is 0.160. The highest BCUT2D eigenvalue weighted by Crippen LogP contribution is 2.28. The van der Waals surface area contributed by atoms with Crippen molar-refractivity contribution < 1.29 is 9.21 Å². The number of carbonyl (C=O) groups excluding carboxylic acids is 1. The number of nitrogens with zero attached hydrogens (tertiary/aromatic N) is 1. The summed E-state index contributed by atoms with van der Waals surface area (Å²) < 4.78 is 5.94. The van der Waals surface area contributed by atoms with Crippen molar-refractivity contribution in [3.63, 3.8) is 0 Å². The summed E-state index contributed by atoms with van der Waals surface area (Å²) in [5, 5.41) is 6.64. The van der Waals surface area contributed by atoms with Gasteiger partial charge >= 0.3 is 0 Å². The van der Waals surface area contributed by atoms with Gasteiger partial charge in [0.15, 0.2) is 10.7 Å². The number of halogens is 1. The van der Waals surface area contributed by atoms with Gasteiger partial charge in [-0.25, -0.2) is 4.98 Å². The molecule has 0 unspecified atom stereocenters. The number of aromatic nitrogens is 1. The molecule has 4 rings (SSSR count). The summed E-state index contributed by atoms with van der Waals surface area (Å²) in [6.07, 6.45) is 0. The topological polar surface area (TPSA) is 67.2 Å². The van der Waals surface area contributed by atoms with Crippen molar-refractivity contribution in [3.05, 3.63) is 77.3 Å². The average molecular weight is 496 g/mol. The predicted molar refractivity (Wildman–Crippen MR) is 140 cm³/mol. The van der Waals surface area contributed by atoms with Crippen molar-refractivity contribution in [3.8, 4) is 11.5 Å². The summed E-state index contributed by atoms with van der Waals surface area (Å²) in [5.74, 6) is 1.00. The fourth-order valence-corrected chi connectivity index (χ4v) is 4.22. The van der Waals surface area contributed by atoms with E-state index in [1.807, 2.05) is 42.5 Å². The van der Waals surface area contributed by atoms with E-state index in [9.17, 15) is 4.79 Å². The maximum atomic E-state index is 12.2.